The van der Waals surface area contributed by atoms with E-state index in [1.165, 1.54) is 23.5 Å². The molecule has 0 saturated carbocycles. The van der Waals surface area contributed by atoms with Gasteiger partial charge in [0.15, 0.2) is 0 Å². The van der Waals surface area contributed by atoms with Gasteiger partial charge < -0.3 is 4.74 Å². The molecule has 2 heterocycles. The number of thiocarbonyl (C=S) groups is 1. The van der Waals surface area contributed by atoms with Crippen molar-refractivity contribution in [1.82, 2.24) is 0 Å². The van der Waals surface area contributed by atoms with Gasteiger partial charge in [-0.05, 0) is 48.0 Å². The minimum absolute atomic E-state index is 0.113. The predicted octanol–water partition coefficient (Wildman–Crippen LogP) is 5.58. The van der Waals surface area contributed by atoms with Gasteiger partial charge in [0.05, 0.1) is 17.7 Å². The summed E-state index contributed by atoms with van der Waals surface area (Å²) in [6, 6.07) is 26.4. The highest BCUT2D eigenvalue weighted by atomic mass is 32.2. The highest BCUT2D eigenvalue weighted by molar-refractivity contribution is 8.25. The van der Waals surface area contributed by atoms with Crippen LogP contribution >= 0.6 is 35.7 Å². The molecule has 8 heteroatoms. The maximum atomic E-state index is 13.6. The average molecular weight is 505 g/mol. The summed E-state index contributed by atoms with van der Waals surface area (Å²) in [5, 5.41) is -0.952. The van der Waals surface area contributed by atoms with Crippen molar-refractivity contribution >= 4 is 69.3 Å². The number of carbonyl (C=O) groups is 2. The van der Waals surface area contributed by atoms with Gasteiger partial charge in [0.2, 0.25) is 5.91 Å². The highest BCUT2D eigenvalue weighted by Crippen LogP contribution is 2.47. The van der Waals surface area contributed by atoms with E-state index in [2.05, 4.69) is 0 Å². The average Bonchev–Trinajstić information content (AvgIpc) is 3.35. The second kappa shape index (κ2) is 9.66. The third-order valence-electron chi connectivity index (χ3n) is 5.53. The Morgan fingerprint density at radius 3 is 2.09 bits per heavy atom. The first-order chi connectivity index (χ1) is 16.6. The lowest BCUT2D eigenvalue weighted by molar-refractivity contribution is -0.117. The maximum absolute atomic E-state index is 13.6. The standard InChI is InChI=1S/C26H20N2O3S3/c1-31-20-14-12-17(13-15-20)16-21-23(29)27(18-8-4-2-5-9-18)25(33-21)22-24(30)28(26(32)34-22)19-10-6-3-7-11-19/h2-16,22,25H,1H3. The molecular formula is C26H20N2O3S3. The van der Waals surface area contributed by atoms with Gasteiger partial charge in [-0.15, -0.1) is 0 Å². The van der Waals surface area contributed by atoms with Crippen LogP contribution < -0.4 is 14.5 Å². The fourth-order valence-electron chi connectivity index (χ4n) is 3.88. The number of para-hydroxylation sites is 2. The summed E-state index contributed by atoms with van der Waals surface area (Å²) >= 11 is 8.33. The zero-order valence-electron chi connectivity index (χ0n) is 18.2. The second-order valence-corrected chi connectivity index (χ2v) is 10.5. The first-order valence-electron chi connectivity index (χ1n) is 10.6. The van der Waals surface area contributed by atoms with Gasteiger partial charge in [-0.25, -0.2) is 0 Å². The van der Waals surface area contributed by atoms with Crippen molar-refractivity contribution in [3.8, 4) is 5.75 Å². The molecule has 0 radical (unpaired) electrons. The topological polar surface area (TPSA) is 49.9 Å². The number of thioether (sulfide) groups is 2. The van der Waals surface area contributed by atoms with Gasteiger partial charge in [0, 0.05) is 5.69 Å². The van der Waals surface area contributed by atoms with Gasteiger partial charge in [-0.3, -0.25) is 19.4 Å². The van der Waals surface area contributed by atoms with Crippen molar-refractivity contribution in [2.24, 2.45) is 0 Å². The van der Waals surface area contributed by atoms with E-state index in [0.717, 1.165) is 22.7 Å². The first kappa shape index (κ1) is 22.7. The van der Waals surface area contributed by atoms with E-state index in [9.17, 15) is 9.59 Å². The van der Waals surface area contributed by atoms with Crippen LogP contribution in [0.4, 0.5) is 11.4 Å². The third kappa shape index (κ3) is 4.24. The number of carbonyl (C=O) groups excluding carboxylic acids is 2. The molecule has 34 heavy (non-hydrogen) atoms. The Bertz CT molecular complexity index is 1260. The number of rotatable bonds is 5. The smallest absolute Gasteiger partial charge is 0.265 e. The Labute approximate surface area is 211 Å². The predicted molar refractivity (Wildman–Crippen MR) is 144 cm³/mol. The molecule has 170 valence electrons. The summed E-state index contributed by atoms with van der Waals surface area (Å²) in [7, 11) is 1.62. The molecule has 2 fully saturated rings. The number of benzene rings is 3. The minimum atomic E-state index is -0.524. The summed E-state index contributed by atoms with van der Waals surface area (Å²) in [6.07, 6.45) is 1.86. The normalized spacial score (nSPS) is 21.6. The monoisotopic (exact) mass is 504 g/mol. The molecule has 0 bridgehead atoms. The molecule has 2 saturated heterocycles. The molecule has 2 amide bonds. The molecule has 2 unspecified atom stereocenters. The van der Waals surface area contributed by atoms with Crippen LogP contribution in [0.2, 0.25) is 0 Å². The summed E-state index contributed by atoms with van der Waals surface area (Å²) in [5.41, 5.74) is 2.37. The van der Waals surface area contributed by atoms with Gasteiger partial charge in [0.25, 0.3) is 5.91 Å². The Hall–Kier alpha value is -3.07. The van der Waals surface area contributed by atoms with Crippen LogP contribution in [0.3, 0.4) is 0 Å². The molecule has 5 rings (SSSR count). The summed E-state index contributed by atoms with van der Waals surface area (Å²) in [4.78, 5) is 31.0. The zero-order valence-corrected chi connectivity index (χ0v) is 20.6. The number of nitrogens with zero attached hydrogens (tertiary/aromatic N) is 2. The van der Waals surface area contributed by atoms with Crippen LogP contribution in [0.25, 0.3) is 6.08 Å². The largest absolute Gasteiger partial charge is 0.497 e. The van der Waals surface area contributed by atoms with Gasteiger partial charge in [0.1, 0.15) is 20.7 Å². The van der Waals surface area contributed by atoms with E-state index in [1.54, 1.807) is 16.9 Å². The first-order valence-corrected chi connectivity index (χ1v) is 12.7. The third-order valence-corrected chi connectivity index (χ3v) is 8.54. The minimum Gasteiger partial charge on any atom is -0.497 e. The quantitative estimate of drug-likeness (QED) is 0.334. The van der Waals surface area contributed by atoms with Crippen molar-refractivity contribution in [2.45, 2.75) is 10.6 Å². The Morgan fingerprint density at radius 2 is 1.47 bits per heavy atom. The Balaban J connectivity index is 1.50. The highest BCUT2D eigenvalue weighted by Gasteiger charge is 2.50. The molecule has 2 aliphatic rings. The van der Waals surface area contributed by atoms with Crippen LogP contribution in [0, 0.1) is 0 Å². The van der Waals surface area contributed by atoms with Crippen molar-refractivity contribution in [1.29, 1.82) is 0 Å². The SMILES string of the molecule is COc1ccc(C=C2SC(C3SC(=S)N(c4ccccc4)C3=O)N(c3ccccc3)C2=O)cc1. The summed E-state index contributed by atoms with van der Waals surface area (Å²) in [6.45, 7) is 0. The van der Waals surface area contributed by atoms with Crippen LogP contribution in [0.1, 0.15) is 5.56 Å². The van der Waals surface area contributed by atoms with Crippen molar-refractivity contribution < 1.29 is 14.3 Å². The molecule has 0 N–H and O–H groups in total. The number of methoxy groups -OCH3 is 1. The van der Waals surface area contributed by atoms with Crippen LogP contribution in [0.5, 0.6) is 5.75 Å². The van der Waals surface area contributed by atoms with E-state index in [1.807, 2.05) is 91.0 Å². The number of hydrogen-bond donors (Lipinski definition) is 0. The van der Waals surface area contributed by atoms with E-state index in [0.29, 0.717) is 9.23 Å². The number of amides is 2. The molecule has 3 aromatic carbocycles. The summed E-state index contributed by atoms with van der Waals surface area (Å²) in [5.74, 6) is 0.506. The molecule has 0 spiro atoms. The van der Waals surface area contributed by atoms with Gasteiger partial charge >= 0.3 is 0 Å². The number of anilines is 2. The van der Waals surface area contributed by atoms with Crippen LogP contribution in [0.15, 0.2) is 89.8 Å². The van der Waals surface area contributed by atoms with Crippen molar-refractivity contribution in [3.05, 3.63) is 95.4 Å². The van der Waals surface area contributed by atoms with E-state index in [4.69, 9.17) is 17.0 Å². The number of hydrogen-bond acceptors (Lipinski definition) is 6. The van der Waals surface area contributed by atoms with E-state index >= 15 is 0 Å². The van der Waals surface area contributed by atoms with E-state index in [-0.39, 0.29) is 11.8 Å². The maximum Gasteiger partial charge on any atom is 0.265 e. The zero-order chi connectivity index (χ0) is 23.7. The molecule has 3 aromatic rings. The van der Waals surface area contributed by atoms with Crippen molar-refractivity contribution in [3.63, 3.8) is 0 Å². The van der Waals surface area contributed by atoms with Gasteiger partial charge in [-0.1, -0.05) is 84.3 Å². The van der Waals surface area contributed by atoms with Gasteiger partial charge in [-0.2, -0.15) is 0 Å². The second-order valence-electron chi connectivity index (χ2n) is 7.61. The molecule has 5 nitrogen and oxygen atoms in total. The van der Waals surface area contributed by atoms with E-state index < -0.39 is 10.6 Å². The molecular weight excluding hydrogens is 484 g/mol. The van der Waals surface area contributed by atoms with Crippen LogP contribution in [-0.2, 0) is 9.59 Å². The Kier molecular flexibility index (Phi) is 6.45. The fourth-order valence-corrected chi connectivity index (χ4v) is 6.91. The lowest BCUT2D eigenvalue weighted by Crippen LogP contribution is -2.43. The Morgan fingerprint density at radius 1 is 0.853 bits per heavy atom. The molecule has 0 aromatic heterocycles. The molecule has 2 atom stereocenters. The lowest BCUT2D eigenvalue weighted by Gasteiger charge is -2.26. The lowest BCUT2D eigenvalue weighted by atomic mass is 10.2. The molecule has 0 aliphatic carbocycles. The van der Waals surface area contributed by atoms with Crippen LogP contribution in [-0.4, -0.2) is 33.9 Å². The molecule has 2 aliphatic heterocycles. The van der Waals surface area contributed by atoms with Crippen molar-refractivity contribution in [2.75, 3.05) is 16.9 Å². The fraction of sp³-hybridized carbons (Fsp3) is 0.115. The summed E-state index contributed by atoms with van der Waals surface area (Å²) < 4.78 is 5.73. The number of ether oxygens (including phenoxy) is 1.